The number of hydrogen-bond donors (Lipinski definition) is 2. The largest absolute Gasteiger partial charge is 0.481 e. The van der Waals surface area contributed by atoms with Crippen molar-refractivity contribution in [2.24, 2.45) is 11.8 Å². The second kappa shape index (κ2) is 7.36. The third-order valence-corrected chi connectivity index (χ3v) is 3.82. The van der Waals surface area contributed by atoms with E-state index in [1.807, 2.05) is 11.8 Å². The number of carboxylic acids is 1. The number of nitrogens with one attached hydrogen (secondary N) is 1. The van der Waals surface area contributed by atoms with Crippen molar-refractivity contribution in [3.8, 4) is 0 Å². The molecule has 19 heavy (non-hydrogen) atoms. The van der Waals surface area contributed by atoms with E-state index in [1.165, 1.54) is 0 Å². The van der Waals surface area contributed by atoms with Gasteiger partial charge >= 0.3 is 12.0 Å². The van der Waals surface area contributed by atoms with E-state index in [0.29, 0.717) is 12.3 Å². The first-order valence-corrected chi connectivity index (χ1v) is 7.24. The van der Waals surface area contributed by atoms with Gasteiger partial charge in [-0.15, -0.1) is 0 Å². The van der Waals surface area contributed by atoms with Crippen LogP contribution in [-0.2, 0) is 4.79 Å². The summed E-state index contributed by atoms with van der Waals surface area (Å²) < 4.78 is 0. The van der Waals surface area contributed by atoms with Gasteiger partial charge in [-0.2, -0.15) is 0 Å². The first-order valence-electron chi connectivity index (χ1n) is 7.24. The lowest BCUT2D eigenvalue weighted by atomic mass is 10.0. The Bertz CT molecular complexity index is 318. The highest BCUT2D eigenvalue weighted by Crippen LogP contribution is 2.23. The summed E-state index contributed by atoms with van der Waals surface area (Å²) in [4.78, 5) is 25.0. The lowest BCUT2D eigenvalue weighted by Gasteiger charge is -2.28. The van der Waals surface area contributed by atoms with Crippen LogP contribution in [0.2, 0.25) is 0 Å². The molecule has 1 aliphatic rings. The van der Waals surface area contributed by atoms with Crippen LogP contribution in [-0.4, -0.2) is 41.1 Å². The molecule has 2 amide bonds. The molecule has 2 atom stereocenters. The van der Waals surface area contributed by atoms with Gasteiger partial charge in [0.05, 0.1) is 5.92 Å². The molecule has 1 heterocycles. The third kappa shape index (κ3) is 4.40. The van der Waals surface area contributed by atoms with Crippen LogP contribution in [0.25, 0.3) is 0 Å². The number of carboxylic acid groups (broad SMARTS) is 1. The molecular formula is C14H26N2O3. The van der Waals surface area contributed by atoms with E-state index in [1.54, 1.807) is 0 Å². The highest BCUT2D eigenvalue weighted by Gasteiger charge is 2.31. The maximum atomic E-state index is 12.1. The summed E-state index contributed by atoms with van der Waals surface area (Å²) in [5, 5.41) is 11.8. The second-order valence-electron chi connectivity index (χ2n) is 5.66. The number of likely N-dealkylation sites (tertiary alicyclic amines) is 1. The minimum Gasteiger partial charge on any atom is -0.481 e. The van der Waals surface area contributed by atoms with Gasteiger partial charge in [0.15, 0.2) is 0 Å². The molecule has 0 aromatic heterocycles. The highest BCUT2D eigenvalue weighted by atomic mass is 16.4. The van der Waals surface area contributed by atoms with Crippen molar-refractivity contribution in [1.29, 1.82) is 0 Å². The molecule has 1 rings (SSSR count). The first-order chi connectivity index (χ1) is 8.97. The highest BCUT2D eigenvalue weighted by molar-refractivity contribution is 5.76. The van der Waals surface area contributed by atoms with E-state index >= 15 is 0 Å². The molecule has 0 saturated carbocycles. The Morgan fingerprint density at radius 2 is 2.11 bits per heavy atom. The van der Waals surface area contributed by atoms with Gasteiger partial charge in [-0.25, -0.2) is 4.79 Å². The molecule has 0 aliphatic carbocycles. The van der Waals surface area contributed by atoms with Crippen LogP contribution in [0.3, 0.4) is 0 Å². The summed E-state index contributed by atoms with van der Waals surface area (Å²) in [6.07, 6.45) is 3.49. The second-order valence-corrected chi connectivity index (χ2v) is 5.66. The van der Waals surface area contributed by atoms with Gasteiger partial charge in [0.1, 0.15) is 0 Å². The Morgan fingerprint density at radius 1 is 1.42 bits per heavy atom. The van der Waals surface area contributed by atoms with Crippen molar-refractivity contribution in [3.05, 3.63) is 0 Å². The Labute approximate surface area is 115 Å². The smallest absolute Gasteiger partial charge is 0.317 e. The van der Waals surface area contributed by atoms with Crippen LogP contribution in [0.1, 0.15) is 46.5 Å². The molecule has 110 valence electrons. The van der Waals surface area contributed by atoms with Gasteiger partial charge in [0.25, 0.3) is 0 Å². The first kappa shape index (κ1) is 15.8. The van der Waals surface area contributed by atoms with Crippen LogP contribution >= 0.6 is 0 Å². The Morgan fingerprint density at radius 3 is 2.63 bits per heavy atom. The molecular weight excluding hydrogens is 244 g/mol. The molecule has 2 unspecified atom stereocenters. The van der Waals surface area contributed by atoms with Gasteiger partial charge in [-0.1, -0.05) is 27.2 Å². The van der Waals surface area contributed by atoms with E-state index < -0.39 is 11.9 Å². The molecule has 5 heteroatoms. The van der Waals surface area contributed by atoms with Crippen LogP contribution in [0, 0.1) is 11.8 Å². The summed E-state index contributed by atoms with van der Waals surface area (Å²) >= 11 is 0. The monoisotopic (exact) mass is 270 g/mol. The van der Waals surface area contributed by atoms with Gasteiger partial charge in [0, 0.05) is 19.1 Å². The SMILES string of the molecule is CCCC(CNC(=O)N1CCCC1C(C)C)C(=O)O. The fourth-order valence-electron chi connectivity index (χ4n) is 2.71. The van der Waals surface area contributed by atoms with E-state index in [9.17, 15) is 9.59 Å². The van der Waals surface area contributed by atoms with Gasteiger partial charge in [-0.3, -0.25) is 4.79 Å². The van der Waals surface area contributed by atoms with E-state index in [-0.39, 0.29) is 18.6 Å². The molecule has 2 N–H and O–H groups in total. The van der Waals surface area contributed by atoms with Crippen molar-refractivity contribution in [3.63, 3.8) is 0 Å². The van der Waals surface area contributed by atoms with Crippen LogP contribution in [0.15, 0.2) is 0 Å². The zero-order valence-corrected chi connectivity index (χ0v) is 12.2. The maximum absolute atomic E-state index is 12.1. The fourth-order valence-corrected chi connectivity index (χ4v) is 2.71. The minimum atomic E-state index is -0.830. The van der Waals surface area contributed by atoms with Crippen molar-refractivity contribution in [2.45, 2.75) is 52.5 Å². The molecule has 1 saturated heterocycles. The average molecular weight is 270 g/mol. The molecule has 1 fully saturated rings. The number of carbonyl (C=O) groups excluding carboxylic acids is 1. The van der Waals surface area contributed by atoms with Gasteiger partial charge < -0.3 is 15.3 Å². The zero-order valence-electron chi connectivity index (χ0n) is 12.2. The van der Waals surface area contributed by atoms with Crippen molar-refractivity contribution < 1.29 is 14.7 Å². The molecule has 0 radical (unpaired) electrons. The van der Waals surface area contributed by atoms with Crippen molar-refractivity contribution in [1.82, 2.24) is 10.2 Å². The standard InChI is InChI=1S/C14H26N2O3/c1-4-6-11(13(17)18)9-15-14(19)16-8-5-7-12(16)10(2)3/h10-12H,4-9H2,1-3H3,(H,15,19)(H,17,18). The molecule has 0 aromatic rings. The van der Waals surface area contributed by atoms with E-state index in [2.05, 4.69) is 19.2 Å². The van der Waals surface area contributed by atoms with Crippen molar-refractivity contribution >= 4 is 12.0 Å². The summed E-state index contributed by atoms with van der Waals surface area (Å²) in [6.45, 7) is 7.19. The number of carbonyl (C=O) groups is 2. The molecule has 1 aliphatic heterocycles. The normalized spacial score (nSPS) is 20.6. The molecule has 0 bridgehead atoms. The van der Waals surface area contributed by atoms with Gasteiger partial charge in [0.2, 0.25) is 0 Å². The molecule has 0 aromatic carbocycles. The number of nitrogens with zero attached hydrogens (tertiary/aromatic N) is 1. The van der Waals surface area contributed by atoms with Crippen LogP contribution < -0.4 is 5.32 Å². The van der Waals surface area contributed by atoms with E-state index in [4.69, 9.17) is 5.11 Å². The molecule has 0 spiro atoms. The number of aliphatic carboxylic acids is 1. The predicted molar refractivity (Wildman–Crippen MR) is 74.0 cm³/mol. The third-order valence-electron chi connectivity index (χ3n) is 3.82. The zero-order chi connectivity index (χ0) is 14.4. The molecule has 5 nitrogen and oxygen atoms in total. The lowest BCUT2D eigenvalue weighted by Crippen LogP contribution is -2.46. The Hall–Kier alpha value is -1.26. The number of urea groups is 1. The minimum absolute atomic E-state index is 0.112. The number of hydrogen-bond acceptors (Lipinski definition) is 2. The van der Waals surface area contributed by atoms with E-state index in [0.717, 1.165) is 25.8 Å². The summed E-state index contributed by atoms with van der Waals surface area (Å²) in [7, 11) is 0. The lowest BCUT2D eigenvalue weighted by molar-refractivity contribution is -0.141. The Balaban J connectivity index is 2.48. The summed E-state index contributed by atoms with van der Waals surface area (Å²) in [6, 6.07) is 0.174. The van der Waals surface area contributed by atoms with Crippen LogP contribution in [0.4, 0.5) is 4.79 Å². The van der Waals surface area contributed by atoms with Crippen LogP contribution in [0.5, 0.6) is 0 Å². The number of rotatable bonds is 6. The summed E-state index contributed by atoms with van der Waals surface area (Å²) in [5.41, 5.74) is 0. The number of amides is 2. The maximum Gasteiger partial charge on any atom is 0.317 e. The van der Waals surface area contributed by atoms with Crippen molar-refractivity contribution in [2.75, 3.05) is 13.1 Å². The average Bonchev–Trinajstić information content (AvgIpc) is 2.82. The topological polar surface area (TPSA) is 69.6 Å². The summed E-state index contributed by atoms with van der Waals surface area (Å²) in [5.74, 6) is -0.864. The quantitative estimate of drug-likeness (QED) is 0.778. The Kier molecular flexibility index (Phi) is 6.12. The predicted octanol–water partition coefficient (Wildman–Crippen LogP) is 2.32. The van der Waals surface area contributed by atoms with Gasteiger partial charge in [-0.05, 0) is 25.2 Å². The fraction of sp³-hybridized carbons (Fsp3) is 0.857.